The number of fused-ring (bicyclic) bond motifs is 1. The number of aromatic nitrogens is 2. The smallest absolute Gasteiger partial charge is 0.325 e. The van der Waals surface area contributed by atoms with Crippen LogP contribution in [0.4, 0.5) is 0 Å². The molecule has 2 aromatic rings. The standard InChI is InChI=1S/C14H13N3O4/c18-10-5-7-3-1-2-4-8(7)11(10)16-12(19)9-6-15-14(21)17-13(9)20/h1-4,6,10-11,18H,5H2,(H,16,19)(H2,15,17,20,21)/t10-,11+/m1/s1. The third-order valence-corrected chi connectivity index (χ3v) is 3.55. The van der Waals surface area contributed by atoms with E-state index in [0.29, 0.717) is 6.42 Å². The van der Waals surface area contributed by atoms with Gasteiger partial charge in [-0.15, -0.1) is 0 Å². The van der Waals surface area contributed by atoms with E-state index in [1.54, 1.807) is 0 Å². The summed E-state index contributed by atoms with van der Waals surface area (Å²) in [5.41, 5.74) is 0.149. The minimum Gasteiger partial charge on any atom is -0.390 e. The first-order chi connectivity index (χ1) is 10.1. The molecule has 1 heterocycles. The zero-order valence-corrected chi connectivity index (χ0v) is 10.9. The highest BCUT2D eigenvalue weighted by Gasteiger charge is 2.32. The monoisotopic (exact) mass is 287 g/mol. The molecular weight excluding hydrogens is 274 g/mol. The highest BCUT2D eigenvalue weighted by atomic mass is 16.3. The number of rotatable bonds is 2. The average molecular weight is 287 g/mol. The number of aliphatic hydroxyl groups is 1. The first-order valence-electron chi connectivity index (χ1n) is 6.45. The molecule has 1 amide bonds. The van der Waals surface area contributed by atoms with Crippen LogP contribution in [0.2, 0.25) is 0 Å². The highest BCUT2D eigenvalue weighted by molar-refractivity contribution is 5.93. The number of hydrogen-bond acceptors (Lipinski definition) is 4. The number of hydrogen-bond donors (Lipinski definition) is 4. The van der Waals surface area contributed by atoms with Gasteiger partial charge in [-0.05, 0) is 11.1 Å². The van der Waals surface area contributed by atoms with Crippen molar-refractivity contribution < 1.29 is 9.90 Å². The lowest BCUT2D eigenvalue weighted by atomic mass is 10.1. The molecule has 7 nitrogen and oxygen atoms in total. The molecule has 3 rings (SSSR count). The fraction of sp³-hybridized carbons (Fsp3) is 0.214. The molecule has 0 unspecified atom stereocenters. The summed E-state index contributed by atoms with van der Waals surface area (Å²) in [6, 6.07) is 6.83. The Hall–Kier alpha value is -2.67. The number of aliphatic hydroxyl groups excluding tert-OH is 1. The predicted octanol–water partition coefficient (Wildman–Crippen LogP) is -0.549. The summed E-state index contributed by atoms with van der Waals surface area (Å²) in [6.07, 6.45) is 0.764. The zero-order valence-electron chi connectivity index (χ0n) is 10.9. The minimum absolute atomic E-state index is 0.203. The van der Waals surface area contributed by atoms with Crippen molar-refractivity contribution in [3.05, 3.63) is 68.0 Å². The summed E-state index contributed by atoms with van der Waals surface area (Å²) in [5.74, 6) is -0.645. The van der Waals surface area contributed by atoms with Crippen molar-refractivity contribution in [2.24, 2.45) is 0 Å². The number of aromatic amines is 2. The third-order valence-electron chi connectivity index (χ3n) is 3.55. The minimum atomic E-state index is -0.767. The van der Waals surface area contributed by atoms with Crippen LogP contribution < -0.4 is 16.6 Å². The zero-order chi connectivity index (χ0) is 15.0. The second kappa shape index (κ2) is 5.02. The van der Waals surface area contributed by atoms with Crippen LogP contribution in [-0.4, -0.2) is 27.1 Å². The Balaban J connectivity index is 1.88. The molecule has 1 aromatic heterocycles. The maximum absolute atomic E-state index is 12.1. The third kappa shape index (κ3) is 2.38. The normalized spacial score (nSPS) is 20.0. The number of nitrogens with one attached hydrogen (secondary N) is 3. The van der Waals surface area contributed by atoms with E-state index in [2.05, 4.69) is 10.3 Å². The largest absolute Gasteiger partial charge is 0.390 e. The number of benzene rings is 1. The number of H-pyrrole nitrogens is 2. The summed E-state index contributed by atoms with van der Waals surface area (Å²) < 4.78 is 0. The van der Waals surface area contributed by atoms with Gasteiger partial charge in [0.15, 0.2) is 0 Å². The molecular formula is C14H13N3O4. The molecule has 0 saturated carbocycles. The van der Waals surface area contributed by atoms with Gasteiger partial charge in [-0.25, -0.2) is 4.79 Å². The second-order valence-corrected chi connectivity index (χ2v) is 4.91. The number of amides is 1. The molecule has 108 valence electrons. The van der Waals surface area contributed by atoms with Crippen LogP contribution in [0.15, 0.2) is 40.1 Å². The maximum atomic E-state index is 12.1. The van der Waals surface area contributed by atoms with Crippen LogP contribution in [0.3, 0.4) is 0 Å². The second-order valence-electron chi connectivity index (χ2n) is 4.91. The van der Waals surface area contributed by atoms with E-state index in [-0.39, 0.29) is 5.56 Å². The summed E-state index contributed by atoms with van der Waals surface area (Å²) in [4.78, 5) is 38.9. The van der Waals surface area contributed by atoms with E-state index in [1.165, 1.54) is 0 Å². The molecule has 0 aliphatic heterocycles. The van der Waals surface area contributed by atoms with Crippen LogP contribution in [0.25, 0.3) is 0 Å². The topological polar surface area (TPSA) is 115 Å². The van der Waals surface area contributed by atoms with Crippen LogP contribution in [0.5, 0.6) is 0 Å². The van der Waals surface area contributed by atoms with Crippen molar-refractivity contribution in [1.29, 1.82) is 0 Å². The Labute approximate surface area is 118 Å². The van der Waals surface area contributed by atoms with Gasteiger partial charge in [0.2, 0.25) is 0 Å². The molecule has 1 aliphatic rings. The summed E-state index contributed by atoms with van der Waals surface area (Å²) in [6.45, 7) is 0. The fourth-order valence-electron chi connectivity index (χ4n) is 2.55. The van der Waals surface area contributed by atoms with Gasteiger partial charge in [0, 0.05) is 12.6 Å². The molecule has 0 fully saturated rings. The van der Waals surface area contributed by atoms with Crippen LogP contribution in [0.1, 0.15) is 27.5 Å². The van der Waals surface area contributed by atoms with Crippen molar-refractivity contribution in [2.45, 2.75) is 18.6 Å². The Morgan fingerprint density at radius 3 is 2.81 bits per heavy atom. The lowest BCUT2D eigenvalue weighted by Crippen LogP contribution is -2.38. The van der Waals surface area contributed by atoms with E-state index in [9.17, 15) is 19.5 Å². The van der Waals surface area contributed by atoms with Gasteiger partial charge < -0.3 is 15.4 Å². The molecule has 0 saturated heterocycles. The molecule has 1 aliphatic carbocycles. The van der Waals surface area contributed by atoms with Gasteiger partial charge in [-0.2, -0.15) is 0 Å². The summed E-state index contributed by atoms with van der Waals surface area (Å²) in [5, 5.41) is 12.7. The molecule has 2 atom stereocenters. The van der Waals surface area contributed by atoms with E-state index in [0.717, 1.165) is 17.3 Å². The molecule has 21 heavy (non-hydrogen) atoms. The Kier molecular flexibility index (Phi) is 3.19. The van der Waals surface area contributed by atoms with Gasteiger partial charge in [-0.3, -0.25) is 14.6 Å². The highest BCUT2D eigenvalue weighted by Crippen LogP contribution is 2.31. The van der Waals surface area contributed by atoms with Crippen molar-refractivity contribution >= 4 is 5.91 Å². The van der Waals surface area contributed by atoms with Crippen molar-refractivity contribution in [3.63, 3.8) is 0 Å². The number of carbonyl (C=O) groups is 1. The summed E-state index contributed by atoms with van der Waals surface area (Å²) >= 11 is 0. The van der Waals surface area contributed by atoms with Crippen LogP contribution in [-0.2, 0) is 6.42 Å². The van der Waals surface area contributed by atoms with Gasteiger partial charge in [0.25, 0.3) is 11.5 Å². The van der Waals surface area contributed by atoms with E-state index < -0.39 is 29.3 Å². The summed E-state index contributed by atoms with van der Waals surface area (Å²) in [7, 11) is 0. The van der Waals surface area contributed by atoms with Crippen molar-refractivity contribution in [1.82, 2.24) is 15.3 Å². The SMILES string of the molecule is O=C(N[C@H]1c2ccccc2C[C@H]1O)c1c[nH]c(=O)[nH]c1=O. The van der Waals surface area contributed by atoms with Crippen LogP contribution in [0, 0.1) is 0 Å². The molecule has 0 radical (unpaired) electrons. The van der Waals surface area contributed by atoms with E-state index in [1.807, 2.05) is 29.2 Å². The Morgan fingerprint density at radius 2 is 2.05 bits per heavy atom. The van der Waals surface area contributed by atoms with Gasteiger partial charge in [-0.1, -0.05) is 24.3 Å². The van der Waals surface area contributed by atoms with E-state index in [4.69, 9.17) is 0 Å². The fourth-order valence-corrected chi connectivity index (χ4v) is 2.55. The molecule has 1 aromatic carbocycles. The van der Waals surface area contributed by atoms with Gasteiger partial charge >= 0.3 is 5.69 Å². The molecule has 4 N–H and O–H groups in total. The van der Waals surface area contributed by atoms with Gasteiger partial charge in [0.1, 0.15) is 5.56 Å². The van der Waals surface area contributed by atoms with Gasteiger partial charge in [0.05, 0.1) is 12.1 Å². The average Bonchev–Trinajstić information content (AvgIpc) is 2.75. The quantitative estimate of drug-likeness (QED) is 0.593. The maximum Gasteiger partial charge on any atom is 0.325 e. The first kappa shape index (κ1) is 13.3. The Morgan fingerprint density at radius 1 is 1.29 bits per heavy atom. The molecule has 0 bridgehead atoms. The van der Waals surface area contributed by atoms with Crippen LogP contribution >= 0.6 is 0 Å². The molecule has 7 heteroatoms. The lowest BCUT2D eigenvalue weighted by Gasteiger charge is -2.17. The van der Waals surface area contributed by atoms with Crippen molar-refractivity contribution in [3.8, 4) is 0 Å². The number of carbonyl (C=O) groups excluding carboxylic acids is 1. The first-order valence-corrected chi connectivity index (χ1v) is 6.45. The van der Waals surface area contributed by atoms with Crippen molar-refractivity contribution in [2.75, 3.05) is 0 Å². The Bertz CT molecular complexity index is 808. The molecule has 0 spiro atoms. The lowest BCUT2D eigenvalue weighted by molar-refractivity contribution is 0.0856. The van der Waals surface area contributed by atoms with E-state index >= 15 is 0 Å². The predicted molar refractivity (Wildman–Crippen MR) is 74.0 cm³/mol.